The van der Waals surface area contributed by atoms with Gasteiger partial charge in [0.05, 0.1) is 17.7 Å². The smallest absolute Gasteiger partial charge is 0.264 e. The van der Waals surface area contributed by atoms with Gasteiger partial charge in [-0.3, -0.25) is 4.31 Å². The Labute approximate surface area is 139 Å². The molecule has 0 fully saturated rings. The minimum atomic E-state index is -3.64. The van der Waals surface area contributed by atoms with Crippen LogP contribution in [0.15, 0.2) is 45.8 Å². The van der Waals surface area contributed by atoms with Crippen molar-refractivity contribution in [3.8, 4) is 5.75 Å². The average Bonchev–Trinajstić information content (AvgIpc) is 2.45. The van der Waals surface area contributed by atoms with Gasteiger partial charge in [0, 0.05) is 11.5 Å². The van der Waals surface area contributed by atoms with Crippen LogP contribution < -0.4 is 9.04 Å². The number of rotatable bonds is 4. The molecule has 4 nitrogen and oxygen atoms in total. The third-order valence-corrected chi connectivity index (χ3v) is 6.04. The maximum atomic E-state index is 13.0. The molecule has 22 heavy (non-hydrogen) atoms. The number of methoxy groups -OCH3 is 1. The Bertz CT molecular complexity index is 780. The van der Waals surface area contributed by atoms with E-state index in [9.17, 15) is 8.42 Å². The molecule has 6 heteroatoms. The summed E-state index contributed by atoms with van der Waals surface area (Å²) < 4.78 is 33.2. The molecule has 0 saturated carbocycles. The monoisotopic (exact) mass is 383 g/mol. The lowest BCUT2D eigenvalue weighted by Crippen LogP contribution is -2.28. The molecule has 0 saturated heterocycles. The van der Waals surface area contributed by atoms with E-state index in [0.717, 1.165) is 4.47 Å². The highest BCUT2D eigenvalue weighted by atomic mass is 79.9. The lowest BCUT2D eigenvalue weighted by molar-refractivity contribution is 0.413. The quantitative estimate of drug-likeness (QED) is 0.803. The van der Waals surface area contributed by atoms with Gasteiger partial charge in [-0.15, -0.1) is 0 Å². The van der Waals surface area contributed by atoms with Crippen molar-refractivity contribution in [2.24, 2.45) is 0 Å². The summed E-state index contributed by atoms with van der Waals surface area (Å²) in [6.07, 6.45) is 0. The predicted octanol–water partition coefficient (Wildman–Crippen LogP) is 3.90. The Balaban J connectivity index is 2.56. The molecule has 0 aliphatic carbocycles. The van der Waals surface area contributed by atoms with Gasteiger partial charge in [0.1, 0.15) is 5.75 Å². The number of aryl methyl sites for hydroxylation is 2. The molecule has 0 radical (unpaired) electrons. The summed E-state index contributed by atoms with van der Waals surface area (Å²) in [6, 6.07) is 10.7. The molecule has 0 atom stereocenters. The zero-order valence-electron chi connectivity index (χ0n) is 12.9. The van der Waals surface area contributed by atoms with E-state index in [4.69, 9.17) is 4.74 Å². The summed E-state index contributed by atoms with van der Waals surface area (Å²) >= 11 is 3.36. The van der Waals surface area contributed by atoms with Gasteiger partial charge in [-0.2, -0.15) is 0 Å². The predicted molar refractivity (Wildman–Crippen MR) is 92.2 cm³/mol. The first-order valence-electron chi connectivity index (χ1n) is 6.67. The fourth-order valence-electron chi connectivity index (χ4n) is 2.38. The number of anilines is 1. The zero-order chi connectivity index (χ0) is 16.5. The maximum absolute atomic E-state index is 13.0. The Morgan fingerprint density at radius 2 is 1.68 bits per heavy atom. The van der Waals surface area contributed by atoms with Crippen LogP contribution in [-0.2, 0) is 10.0 Å². The number of sulfonamides is 1. The molecule has 2 rings (SSSR count). The number of hydrogen-bond acceptors (Lipinski definition) is 3. The second kappa shape index (κ2) is 6.30. The zero-order valence-corrected chi connectivity index (χ0v) is 15.3. The lowest BCUT2D eigenvalue weighted by Gasteiger charge is -2.22. The van der Waals surface area contributed by atoms with E-state index in [1.807, 2.05) is 6.07 Å². The average molecular weight is 384 g/mol. The van der Waals surface area contributed by atoms with Gasteiger partial charge < -0.3 is 4.74 Å². The van der Waals surface area contributed by atoms with Crippen molar-refractivity contribution in [2.45, 2.75) is 18.7 Å². The van der Waals surface area contributed by atoms with Crippen molar-refractivity contribution >= 4 is 31.6 Å². The third-order valence-electron chi connectivity index (χ3n) is 3.46. The van der Waals surface area contributed by atoms with Crippen molar-refractivity contribution in [1.29, 1.82) is 0 Å². The summed E-state index contributed by atoms with van der Waals surface area (Å²) in [5.74, 6) is 0.652. The Kier molecular flexibility index (Phi) is 4.82. The summed E-state index contributed by atoms with van der Waals surface area (Å²) in [7, 11) is -0.517. The number of ether oxygens (including phenoxy) is 1. The van der Waals surface area contributed by atoms with Crippen molar-refractivity contribution in [1.82, 2.24) is 0 Å². The number of nitrogens with zero attached hydrogens (tertiary/aromatic N) is 1. The third kappa shape index (κ3) is 3.13. The molecule has 0 unspecified atom stereocenters. The summed E-state index contributed by atoms with van der Waals surface area (Å²) in [5.41, 5.74) is 1.93. The summed E-state index contributed by atoms with van der Waals surface area (Å²) in [6.45, 7) is 3.55. The van der Waals surface area contributed by atoms with E-state index < -0.39 is 10.0 Å². The van der Waals surface area contributed by atoms with Crippen molar-refractivity contribution in [3.63, 3.8) is 0 Å². The normalized spacial score (nSPS) is 11.3. The van der Waals surface area contributed by atoms with Gasteiger partial charge in [0.2, 0.25) is 0 Å². The first-order chi connectivity index (χ1) is 10.3. The maximum Gasteiger partial charge on any atom is 0.264 e. The summed E-state index contributed by atoms with van der Waals surface area (Å²) in [5, 5.41) is 0. The standard InChI is InChI=1S/C16H18BrNO3S/c1-11-8-15(21-4)9-12(2)16(11)22(19,20)18(3)14-7-5-6-13(17)10-14/h5-10H,1-4H3. The second-order valence-electron chi connectivity index (χ2n) is 5.04. The van der Waals surface area contributed by atoms with E-state index >= 15 is 0 Å². The molecule has 0 spiro atoms. The topological polar surface area (TPSA) is 46.6 Å². The Morgan fingerprint density at radius 3 is 2.18 bits per heavy atom. The molecule has 118 valence electrons. The first kappa shape index (κ1) is 16.8. The highest BCUT2D eigenvalue weighted by Gasteiger charge is 2.26. The molecular formula is C16H18BrNO3S. The van der Waals surface area contributed by atoms with Crippen LogP contribution in [0.4, 0.5) is 5.69 Å². The van der Waals surface area contributed by atoms with Crippen molar-refractivity contribution in [2.75, 3.05) is 18.5 Å². The van der Waals surface area contributed by atoms with Gasteiger partial charge >= 0.3 is 0 Å². The molecule has 0 aromatic heterocycles. The molecule has 2 aromatic rings. The lowest BCUT2D eigenvalue weighted by atomic mass is 10.1. The fraction of sp³-hybridized carbons (Fsp3) is 0.250. The Hall–Kier alpha value is -1.53. The first-order valence-corrected chi connectivity index (χ1v) is 8.90. The van der Waals surface area contributed by atoms with E-state index in [2.05, 4.69) is 15.9 Å². The minimum absolute atomic E-state index is 0.316. The van der Waals surface area contributed by atoms with Crippen LogP contribution >= 0.6 is 15.9 Å². The van der Waals surface area contributed by atoms with Crippen LogP contribution in [0.1, 0.15) is 11.1 Å². The van der Waals surface area contributed by atoms with E-state index in [1.165, 1.54) is 4.31 Å². The molecular weight excluding hydrogens is 366 g/mol. The van der Waals surface area contributed by atoms with Gasteiger partial charge in [-0.1, -0.05) is 22.0 Å². The van der Waals surface area contributed by atoms with E-state index in [-0.39, 0.29) is 0 Å². The number of benzene rings is 2. The number of halogens is 1. The number of hydrogen-bond donors (Lipinski definition) is 0. The highest BCUT2D eigenvalue weighted by Crippen LogP contribution is 2.30. The van der Waals surface area contributed by atoms with E-state index in [1.54, 1.807) is 58.3 Å². The van der Waals surface area contributed by atoms with Gasteiger partial charge in [0.15, 0.2) is 0 Å². The van der Waals surface area contributed by atoms with Crippen molar-refractivity contribution < 1.29 is 13.2 Å². The minimum Gasteiger partial charge on any atom is -0.497 e. The van der Waals surface area contributed by atoms with Gasteiger partial charge in [-0.25, -0.2) is 8.42 Å². The summed E-state index contributed by atoms with van der Waals surface area (Å²) in [4.78, 5) is 0.316. The van der Waals surface area contributed by atoms with Crippen LogP contribution in [-0.4, -0.2) is 22.6 Å². The van der Waals surface area contributed by atoms with Crippen LogP contribution in [0.2, 0.25) is 0 Å². The SMILES string of the molecule is COc1cc(C)c(S(=O)(=O)N(C)c2cccc(Br)c2)c(C)c1. The second-order valence-corrected chi connectivity index (χ2v) is 7.86. The van der Waals surface area contributed by atoms with Crippen molar-refractivity contribution in [3.05, 3.63) is 52.0 Å². The molecule has 0 aliphatic rings. The van der Waals surface area contributed by atoms with Gasteiger partial charge in [0.25, 0.3) is 10.0 Å². The molecule has 2 aromatic carbocycles. The van der Waals surface area contributed by atoms with Crippen LogP contribution in [0, 0.1) is 13.8 Å². The van der Waals surface area contributed by atoms with Crippen LogP contribution in [0.3, 0.4) is 0 Å². The molecule has 0 heterocycles. The van der Waals surface area contributed by atoms with Gasteiger partial charge in [-0.05, 0) is 55.3 Å². The molecule has 0 bridgehead atoms. The highest BCUT2D eigenvalue weighted by molar-refractivity contribution is 9.10. The largest absolute Gasteiger partial charge is 0.497 e. The fourth-order valence-corrected chi connectivity index (χ4v) is 4.37. The van der Waals surface area contributed by atoms with Crippen LogP contribution in [0.5, 0.6) is 5.75 Å². The molecule has 0 N–H and O–H groups in total. The Morgan fingerprint density at radius 1 is 1.09 bits per heavy atom. The molecule has 0 aliphatic heterocycles. The molecule has 0 amide bonds. The van der Waals surface area contributed by atoms with E-state index in [0.29, 0.717) is 27.5 Å². The van der Waals surface area contributed by atoms with Crippen LogP contribution in [0.25, 0.3) is 0 Å².